The van der Waals surface area contributed by atoms with E-state index >= 15 is 0 Å². The van der Waals surface area contributed by atoms with Crippen molar-refractivity contribution >= 4 is 0 Å². The summed E-state index contributed by atoms with van der Waals surface area (Å²) >= 11 is 0. The Bertz CT molecular complexity index is 228. The van der Waals surface area contributed by atoms with Crippen LogP contribution in [0, 0.1) is 11.8 Å². The van der Waals surface area contributed by atoms with Crippen LogP contribution in [0.25, 0.3) is 0 Å². The smallest absolute Gasteiger partial charge is 0.0480 e. The third-order valence-corrected chi connectivity index (χ3v) is 4.88. The SMILES string of the molecule is C1CC2CN(CCNC3CCOCC3)CC2C1. The van der Waals surface area contributed by atoms with Crippen LogP contribution in [0.1, 0.15) is 32.1 Å². The van der Waals surface area contributed by atoms with Gasteiger partial charge < -0.3 is 15.0 Å². The number of nitrogens with one attached hydrogen (secondary N) is 1. The number of nitrogens with zero attached hydrogens (tertiary/aromatic N) is 1. The molecule has 98 valence electrons. The van der Waals surface area contributed by atoms with Crippen LogP contribution in [0.3, 0.4) is 0 Å². The summed E-state index contributed by atoms with van der Waals surface area (Å²) in [6.45, 7) is 7.08. The molecule has 0 aromatic carbocycles. The van der Waals surface area contributed by atoms with Crippen LogP contribution in [0.2, 0.25) is 0 Å². The highest BCUT2D eigenvalue weighted by molar-refractivity contribution is 4.88. The van der Waals surface area contributed by atoms with Gasteiger partial charge in [0.15, 0.2) is 0 Å². The molecular formula is C14H26N2O. The van der Waals surface area contributed by atoms with Crippen LogP contribution < -0.4 is 5.32 Å². The first-order valence-electron chi connectivity index (χ1n) is 7.45. The Morgan fingerprint density at radius 2 is 1.71 bits per heavy atom. The van der Waals surface area contributed by atoms with Crippen molar-refractivity contribution in [3.8, 4) is 0 Å². The molecule has 0 aromatic rings. The van der Waals surface area contributed by atoms with Gasteiger partial charge in [-0.2, -0.15) is 0 Å². The number of hydrogen-bond acceptors (Lipinski definition) is 3. The lowest BCUT2D eigenvalue weighted by Crippen LogP contribution is -2.39. The molecule has 2 atom stereocenters. The fourth-order valence-corrected chi connectivity index (χ4v) is 3.84. The van der Waals surface area contributed by atoms with Gasteiger partial charge in [-0.15, -0.1) is 0 Å². The number of fused-ring (bicyclic) bond motifs is 1. The van der Waals surface area contributed by atoms with E-state index in [4.69, 9.17) is 4.74 Å². The summed E-state index contributed by atoms with van der Waals surface area (Å²) in [6, 6.07) is 0.714. The van der Waals surface area contributed by atoms with Crippen molar-refractivity contribution in [1.82, 2.24) is 10.2 Å². The van der Waals surface area contributed by atoms with Crippen molar-refractivity contribution in [1.29, 1.82) is 0 Å². The number of rotatable bonds is 4. The van der Waals surface area contributed by atoms with Crippen LogP contribution in [-0.2, 0) is 4.74 Å². The summed E-state index contributed by atoms with van der Waals surface area (Å²) in [5.74, 6) is 2.08. The molecule has 2 heterocycles. The van der Waals surface area contributed by atoms with Crippen molar-refractivity contribution in [2.24, 2.45) is 11.8 Å². The van der Waals surface area contributed by atoms with Gasteiger partial charge in [-0.3, -0.25) is 0 Å². The van der Waals surface area contributed by atoms with Crippen molar-refractivity contribution in [3.05, 3.63) is 0 Å². The maximum atomic E-state index is 5.38. The molecule has 3 rings (SSSR count). The Labute approximate surface area is 105 Å². The fraction of sp³-hybridized carbons (Fsp3) is 1.00. The van der Waals surface area contributed by atoms with Crippen molar-refractivity contribution < 1.29 is 4.74 Å². The van der Waals surface area contributed by atoms with Gasteiger partial charge in [-0.25, -0.2) is 0 Å². The molecule has 2 saturated heterocycles. The van der Waals surface area contributed by atoms with E-state index in [9.17, 15) is 0 Å². The van der Waals surface area contributed by atoms with Crippen LogP contribution in [-0.4, -0.2) is 50.3 Å². The van der Waals surface area contributed by atoms with Crippen molar-refractivity contribution in [2.45, 2.75) is 38.1 Å². The summed E-state index contributed by atoms with van der Waals surface area (Å²) in [5, 5.41) is 3.69. The van der Waals surface area contributed by atoms with Gasteiger partial charge in [-0.05, 0) is 37.5 Å². The molecule has 1 N–H and O–H groups in total. The molecule has 3 fully saturated rings. The largest absolute Gasteiger partial charge is 0.381 e. The number of ether oxygens (including phenoxy) is 1. The molecule has 1 saturated carbocycles. The predicted molar refractivity (Wildman–Crippen MR) is 69.1 cm³/mol. The summed E-state index contributed by atoms with van der Waals surface area (Å²) in [7, 11) is 0. The van der Waals surface area contributed by atoms with Gasteiger partial charge in [0.2, 0.25) is 0 Å². The Morgan fingerprint density at radius 3 is 2.41 bits per heavy atom. The van der Waals surface area contributed by atoms with Gasteiger partial charge in [0.05, 0.1) is 0 Å². The molecule has 0 radical (unpaired) electrons. The highest BCUT2D eigenvalue weighted by Gasteiger charge is 2.35. The first kappa shape index (κ1) is 11.9. The second-order valence-corrected chi connectivity index (χ2v) is 6.05. The minimum atomic E-state index is 0.714. The van der Waals surface area contributed by atoms with E-state index in [1.54, 1.807) is 0 Å². The van der Waals surface area contributed by atoms with Gasteiger partial charge in [0, 0.05) is 45.4 Å². The second-order valence-electron chi connectivity index (χ2n) is 6.05. The summed E-state index contributed by atoms with van der Waals surface area (Å²) in [5.41, 5.74) is 0. The highest BCUT2D eigenvalue weighted by Crippen LogP contribution is 2.37. The third-order valence-electron chi connectivity index (χ3n) is 4.88. The third kappa shape index (κ3) is 3.01. The normalized spacial score (nSPS) is 35.3. The number of likely N-dealkylation sites (tertiary alicyclic amines) is 1. The topological polar surface area (TPSA) is 24.5 Å². The van der Waals surface area contributed by atoms with E-state index in [0.29, 0.717) is 6.04 Å². The molecule has 3 aliphatic rings. The van der Waals surface area contributed by atoms with E-state index < -0.39 is 0 Å². The monoisotopic (exact) mass is 238 g/mol. The maximum absolute atomic E-state index is 5.38. The molecule has 2 unspecified atom stereocenters. The van der Waals surface area contributed by atoms with E-state index in [2.05, 4.69) is 10.2 Å². The lowest BCUT2D eigenvalue weighted by atomic mass is 10.0. The average Bonchev–Trinajstić information content (AvgIpc) is 2.91. The van der Waals surface area contributed by atoms with Crippen LogP contribution in [0.4, 0.5) is 0 Å². The van der Waals surface area contributed by atoms with Gasteiger partial charge in [0.1, 0.15) is 0 Å². The van der Waals surface area contributed by atoms with E-state index in [-0.39, 0.29) is 0 Å². The zero-order chi connectivity index (χ0) is 11.5. The zero-order valence-corrected chi connectivity index (χ0v) is 10.9. The minimum absolute atomic E-state index is 0.714. The molecule has 0 spiro atoms. The van der Waals surface area contributed by atoms with Crippen LogP contribution in [0.15, 0.2) is 0 Å². The predicted octanol–water partition coefficient (Wildman–Crippen LogP) is 1.49. The van der Waals surface area contributed by atoms with Crippen LogP contribution in [0.5, 0.6) is 0 Å². The van der Waals surface area contributed by atoms with Crippen molar-refractivity contribution in [3.63, 3.8) is 0 Å². The molecule has 17 heavy (non-hydrogen) atoms. The van der Waals surface area contributed by atoms with E-state index in [0.717, 1.165) is 25.0 Å². The Hall–Kier alpha value is -0.120. The lowest BCUT2D eigenvalue weighted by molar-refractivity contribution is 0.0774. The Kier molecular flexibility index (Phi) is 3.99. The summed E-state index contributed by atoms with van der Waals surface area (Å²) < 4.78 is 5.38. The fourth-order valence-electron chi connectivity index (χ4n) is 3.84. The molecule has 0 amide bonds. The van der Waals surface area contributed by atoms with Gasteiger partial charge >= 0.3 is 0 Å². The first-order chi connectivity index (χ1) is 8.42. The lowest BCUT2D eigenvalue weighted by Gasteiger charge is -2.25. The Balaban J connectivity index is 1.32. The molecule has 2 aliphatic heterocycles. The van der Waals surface area contributed by atoms with Gasteiger partial charge in [0.25, 0.3) is 0 Å². The van der Waals surface area contributed by atoms with E-state index in [1.165, 1.54) is 58.3 Å². The summed E-state index contributed by atoms with van der Waals surface area (Å²) in [6.07, 6.45) is 6.88. The first-order valence-corrected chi connectivity index (χ1v) is 7.45. The minimum Gasteiger partial charge on any atom is -0.381 e. The molecular weight excluding hydrogens is 212 g/mol. The second kappa shape index (κ2) is 5.68. The average molecular weight is 238 g/mol. The number of hydrogen-bond donors (Lipinski definition) is 1. The molecule has 1 aliphatic carbocycles. The maximum Gasteiger partial charge on any atom is 0.0480 e. The van der Waals surface area contributed by atoms with Crippen LogP contribution >= 0.6 is 0 Å². The van der Waals surface area contributed by atoms with Crippen molar-refractivity contribution in [2.75, 3.05) is 39.4 Å². The zero-order valence-electron chi connectivity index (χ0n) is 10.9. The Morgan fingerprint density at radius 1 is 1.00 bits per heavy atom. The highest BCUT2D eigenvalue weighted by atomic mass is 16.5. The molecule has 3 heteroatoms. The molecule has 0 bridgehead atoms. The standard InChI is InChI=1S/C14H26N2O/c1-2-12-10-16(11-13(12)3-1)7-6-15-14-4-8-17-9-5-14/h12-15H,1-11H2. The van der Waals surface area contributed by atoms with E-state index in [1.807, 2.05) is 0 Å². The molecule has 0 aromatic heterocycles. The summed E-state index contributed by atoms with van der Waals surface area (Å²) in [4.78, 5) is 2.68. The molecule has 3 nitrogen and oxygen atoms in total. The quantitative estimate of drug-likeness (QED) is 0.803. The van der Waals surface area contributed by atoms with Gasteiger partial charge in [-0.1, -0.05) is 6.42 Å².